The molecule has 0 saturated carbocycles. The van der Waals surface area contributed by atoms with E-state index in [4.69, 9.17) is 11.2 Å². The summed E-state index contributed by atoms with van der Waals surface area (Å²) in [7, 11) is 0. The first-order valence-corrected chi connectivity index (χ1v) is 7.59. The minimum atomic E-state index is -0.904. The van der Waals surface area contributed by atoms with Gasteiger partial charge in [-0.15, -0.1) is 6.42 Å². The summed E-state index contributed by atoms with van der Waals surface area (Å²) in [6, 6.07) is 9.98. The normalized spacial score (nSPS) is 17.8. The summed E-state index contributed by atoms with van der Waals surface area (Å²) >= 11 is 0. The van der Waals surface area contributed by atoms with E-state index in [1.165, 1.54) is 0 Å². The smallest absolute Gasteiger partial charge is 0.339 e. The molecule has 0 aliphatic heterocycles. The lowest BCUT2D eigenvalue weighted by Crippen LogP contribution is -2.16. The summed E-state index contributed by atoms with van der Waals surface area (Å²) < 4.78 is 5.47. The summed E-state index contributed by atoms with van der Waals surface area (Å²) in [5.74, 6) is 1.31. The summed E-state index contributed by atoms with van der Waals surface area (Å²) in [6.45, 7) is 0. The number of benzene rings is 2. The molecule has 0 saturated heterocycles. The predicted octanol–water partition coefficient (Wildman–Crippen LogP) is 3.21. The highest BCUT2D eigenvalue weighted by Gasteiger charge is 2.35. The van der Waals surface area contributed by atoms with E-state index in [1.807, 2.05) is 12.1 Å². The molecular weight excluding hydrogens is 340 g/mol. The van der Waals surface area contributed by atoms with Gasteiger partial charge in [-0.2, -0.15) is 0 Å². The maximum Gasteiger partial charge on any atom is 0.339 e. The van der Waals surface area contributed by atoms with Crippen LogP contribution in [0.4, 0.5) is 11.4 Å². The van der Waals surface area contributed by atoms with E-state index in [0.717, 1.165) is 29.3 Å². The number of terminal acetylenes is 1. The number of ether oxygens (including phenoxy) is 1. The molecule has 8 nitrogen and oxygen atoms in total. The molecule has 0 N–H and O–H groups in total. The Morgan fingerprint density at radius 2 is 1.73 bits per heavy atom. The Bertz CT molecular complexity index is 930. The van der Waals surface area contributed by atoms with Crippen LogP contribution in [0.5, 0.6) is 0 Å². The molecule has 3 rings (SSSR count). The molecule has 2 aromatic rings. The van der Waals surface area contributed by atoms with Gasteiger partial charge in [0.25, 0.3) is 11.4 Å². The zero-order valence-electron chi connectivity index (χ0n) is 13.3. The number of nitro groups is 2. The van der Waals surface area contributed by atoms with Crippen LogP contribution in [-0.4, -0.2) is 15.8 Å². The third-order valence-electron chi connectivity index (χ3n) is 4.17. The molecule has 0 heterocycles. The van der Waals surface area contributed by atoms with Gasteiger partial charge in [-0.05, 0) is 17.5 Å². The highest BCUT2D eigenvalue weighted by atomic mass is 16.6. The minimum absolute atomic E-state index is 0.272. The van der Waals surface area contributed by atoms with Gasteiger partial charge in [0.1, 0.15) is 6.10 Å². The van der Waals surface area contributed by atoms with Crippen molar-refractivity contribution in [3.05, 3.63) is 79.4 Å². The van der Waals surface area contributed by atoms with Gasteiger partial charge in [-0.1, -0.05) is 30.2 Å². The number of hydrogen-bond donors (Lipinski definition) is 0. The number of carbonyl (C=O) groups is 1. The molecule has 0 aromatic heterocycles. The fraction of sp³-hybridized carbons (Fsp3) is 0.167. The highest BCUT2D eigenvalue weighted by molar-refractivity contribution is 5.91. The molecular formula is C18H12N2O6. The summed E-state index contributed by atoms with van der Waals surface area (Å²) in [6.07, 6.45) is 5.36. The average molecular weight is 352 g/mol. The molecule has 0 fully saturated rings. The molecule has 1 aliphatic rings. The largest absolute Gasteiger partial charge is 0.453 e. The molecule has 0 spiro atoms. The van der Waals surface area contributed by atoms with E-state index in [1.54, 1.807) is 12.1 Å². The van der Waals surface area contributed by atoms with Gasteiger partial charge >= 0.3 is 5.97 Å². The van der Waals surface area contributed by atoms with Crippen molar-refractivity contribution in [2.75, 3.05) is 0 Å². The van der Waals surface area contributed by atoms with Crippen LogP contribution in [0.3, 0.4) is 0 Å². The molecule has 0 unspecified atom stereocenters. The first-order valence-electron chi connectivity index (χ1n) is 7.59. The van der Waals surface area contributed by atoms with Crippen LogP contribution in [0.15, 0.2) is 42.5 Å². The number of rotatable bonds is 4. The molecule has 0 amide bonds. The van der Waals surface area contributed by atoms with Crippen molar-refractivity contribution in [2.24, 2.45) is 5.92 Å². The van der Waals surface area contributed by atoms with Crippen LogP contribution in [0.1, 0.15) is 27.6 Å². The lowest BCUT2D eigenvalue weighted by molar-refractivity contribution is -0.394. The Kier molecular flexibility index (Phi) is 4.37. The number of nitrogens with zero attached hydrogens (tertiary/aromatic N) is 2. The van der Waals surface area contributed by atoms with Gasteiger partial charge in [0, 0.05) is 12.1 Å². The van der Waals surface area contributed by atoms with Crippen LogP contribution in [-0.2, 0) is 11.2 Å². The molecule has 130 valence electrons. The first kappa shape index (κ1) is 17.1. The zero-order chi connectivity index (χ0) is 18.8. The Morgan fingerprint density at radius 1 is 1.12 bits per heavy atom. The maximum absolute atomic E-state index is 12.5. The lowest BCUT2D eigenvalue weighted by Gasteiger charge is -2.17. The summed E-state index contributed by atoms with van der Waals surface area (Å²) in [5, 5.41) is 21.9. The van der Waals surface area contributed by atoms with Gasteiger partial charge in [0.15, 0.2) is 0 Å². The fourth-order valence-electron chi connectivity index (χ4n) is 2.96. The molecule has 0 bridgehead atoms. The van der Waals surface area contributed by atoms with Crippen LogP contribution in [0, 0.1) is 38.5 Å². The molecule has 0 radical (unpaired) electrons. The van der Waals surface area contributed by atoms with Gasteiger partial charge in [0.2, 0.25) is 0 Å². The van der Waals surface area contributed by atoms with Crippen molar-refractivity contribution in [2.45, 2.75) is 12.5 Å². The Morgan fingerprint density at radius 3 is 2.31 bits per heavy atom. The minimum Gasteiger partial charge on any atom is -0.453 e. The highest BCUT2D eigenvalue weighted by Crippen LogP contribution is 2.39. The number of non-ortho nitro benzene ring substituents is 2. The third kappa shape index (κ3) is 3.10. The van der Waals surface area contributed by atoms with E-state index in [0.29, 0.717) is 6.42 Å². The molecule has 8 heteroatoms. The average Bonchev–Trinajstić information content (AvgIpc) is 2.99. The van der Waals surface area contributed by atoms with Crippen LogP contribution in [0.2, 0.25) is 0 Å². The quantitative estimate of drug-likeness (QED) is 0.361. The summed E-state index contributed by atoms with van der Waals surface area (Å²) in [4.78, 5) is 32.8. The van der Waals surface area contributed by atoms with Crippen LogP contribution in [0.25, 0.3) is 0 Å². The van der Waals surface area contributed by atoms with Gasteiger partial charge in [-0.3, -0.25) is 20.2 Å². The van der Waals surface area contributed by atoms with Crippen molar-refractivity contribution in [1.82, 2.24) is 0 Å². The number of hydrogen-bond acceptors (Lipinski definition) is 6. The van der Waals surface area contributed by atoms with E-state index in [-0.39, 0.29) is 11.5 Å². The molecule has 26 heavy (non-hydrogen) atoms. The van der Waals surface area contributed by atoms with Crippen molar-refractivity contribution >= 4 is 17.3 Å². The first-order chi connectivity index (χ1) is 12.4. The fourth-order valence-corrected chi connectivity index (χ4v) is 2.96. The molecule has 2 atom stereocenters. The SMILES string of the molecule is C#C[C@@H]1Cc2ccccc2[C@@H]1OC(=O)c1cc([N+](=O)[O-])cc([N+](=O)[O-])c1. The number of esters is 1. The Balaban J connectivity index is 1.94. The number of fused-ring (bicyclic) bond motifs is 1. The Labute approximate surface area is 147 Å². The second-order valence-corrected chi connectivity index (χ2v) is 5.75. The second-order valence-electron chi connectivity index (χ2n) is 5.75. The van der Waals surface area contributed by atoms with Crippen molar-refractivity contribution < 1.29 is 19.4 Å². The monoisotopic (exact) mass is 352 g/mol. The van der Waals surface area contributed by atoms with E-state index in [9.17, 15) is 25.0 Å². The van der Waals surface area contributed by atoms with Gasteiger partial charge in [0.05, 0.1) is 27.4 Å². The summed E-state index contributed by atoms with van der Waals surface area (Å²) in [5.41, 5.74) is 0.325. The number of nitro benzene ring substituents is 2. The zero-order valence-corrected chi connectivity index (χ0v) is 13.3. The van der Waals surface area contributed by atoms with Crippen LogP contribution < -0.4 is 0 Å². The van der Waals surface area contributed by atoms with E-state index >= 15 is 0 Å². The van der Waals surface area contributed by atoms with Crippen LogP contribution >= 0.6 is 0 Å². The topological polar surface area (TPSA) is 113 Å². The molecule has 2 aromatic carbocycles. The van der Waals surface area contributed by atoms with E-state index < -0.39 is 33.3 Å². The molecule has 1 aliphatic carbocycles. The van der Waals surface area contributed by atoms with Crippen molar-refractivity contribution in [3.63, 3.8) is 0 Å². The number of carbonyl (C=O) groups excluding carboxylic acids is 1. The van der Waals surface area contributed by atoms with E-state index in [2.05, 4.69) is 5.92 Å². The third-order valence-corrected chi connectivity index (χ3v) is 4.17. The second kappa shape index (κ2) is 6.64. The lowest BCUT2D eigenvalue weighted by atomic mass is 10.0. The maximum atomic E-state index is 12.5. The van der Waals surface area contributed by atoms with Gasteiger partial charge < -0.3 is 4.74 Å². The van der Waals surface area contributed by atoms with Crippen molar-refractivity contribution in [3.8, 4) is 12.3 Å². The van der Waals surface area contributed by atoms with Gasteiger partial charge in [-0.25, -0.2) is 4.79 Å². The Hall–Kier alpha value is -3.73. The van der Waals surface area contributed by atoms with Crippen molar-refractivity contribution in [1.29, 1.82) is 0 Å². The standard InChI is InChI=1S/C18H12N2O6/c1-2-11-7-12-5-3-4-6-16(12)17(11)26-18(21)13-8-14(19(22)23)10-15(9-13)20(24)25/h1,3-6,8-11,17H,7H2/t11-,17-/m1/s1. The predicted molar refractivity (Wildman–Crippen MR) is 90.4 cm³/mol.